The van der Waals surface area contributed by atoms with Crippen LogP contribution in [0.4, 0.5) is 0 Å². The number of aromatic hydroxyl groups is 1. The van der Waals surface area contributed by atoms with Crippen LogP contribution in [-0.4, -0.2) is 16.9 Å². The summed E-state index contributed by atoms with van der Waals surface area (Å²) in [6, 6.07) is 4.23. The maximum atomic E-state index is 11.4. The van der Waals surface area contributed by atoms with Crippen molar-refractivity contribution < 1.29 is 9.90 Å². The minimum absolute atomic E-state index is 0.108. The summed E-state index contributed by atoms with van der Waals surface area (Å²) in [7, 11) is 0. The maximum Gasteiger partial charge on any atom is 0.179 e. The third-order valence-corrected chi connectivity index (χ3v) is 1.89. The molecule has 0 spiro atoms. The highest BCUT2D eigenvalue weighted by atomic mass is 16.3. The standard InChI is InChI=1S/C10H13NO2/c1-6-5-8(3-4-9(6)12)10(13)7(2)11/h3-5,7,12H,11H2,1-2H3. The van der Waals surface area contributed by atoms with Gasteiger partial charge in [0, 0.05) is 5.56 Å². The lowest BCUT2D eigenvalue weighted by Gasteiger charge is -2.05. The maximum absolute atomic E-state index is 11.4. The van der Waals surface area contributed by atoms with E-state index < -0.39 is 6.04 Å². The fraction of sp³-hybridized carbons (Fsp3) is 0.300. The van der Waals surface area contributed by atoms with Gasteiger partial charge in [-0.25, -0.2) is 0 Å². The summed E-state index contributed by atoms with van der Waals surface area (Å²) < 4.78 is 0. The summed E-state index contributed by atoms with van der Waals surface area (Å²) in [5.41, 5.74) is 6.68. The fourth-order valence-corrected chi connectivity index (χ4v) is 1.07. The van der Waals surface area contributed by atoms with E-state index in [1.54, 1.807) is 26.0 Å². The highest BCUT2D eigenvalue weighted by molar-refractivity contribution is 5.99. The number of benzene rings is 1. The van der Waals surface area contributed by atoms with E-state index in [1.165, 1.54) is 6.07 Å². The third-order valence-electron chi connectivity index (χ3n) is 1.89. The number of Topliss-reactive ketones (excluding diaryl/α,β-unsaturated/α-hetero) is 1. The van der Waals surface area contributed by atoms with Crippen molar-refractivity contribution in [3.8, 4) is 5.75 Å². The highest BCUT2D eigenvalue weighted by Gasteiger charge is 2.11. The molecule has 0 aliphatic heterocycles. The second kappa shape index (κ2) is 3.58. The minimum atomic E-state index is -0.496. The Balaban J connectivity index is 3.04. The molecule has 3 nitrogen and oxygen atoms in total. The van der Waals surface area contributed by atoms with Crippen LogP contribution in [0.2, 0.25) is 0 Å². The minimum Gasteiger partial charge on any atom is -0.508 e. The first-order valence-electron chi connectivity index (χ1n) is 4.12. The average Bonchev–Trinajstić information content (AvgIpc) is 2.08. The van der Waals surface area contributed by atoms with Gasteiger partial charge in [0.1, 0.15) is 5.75 Å². The molecule has 0 aliphatic rings. The molecule has 0 aromatic heterocycles. The Morgan fingerprint density at radius 1 is 1.54 bits per heavy atom. The van der Waals surface area contributed by atoms with Crippen molar-refractivity contribution in [2.75, 3.05) is 0 Å². The monoisotopic (exact) mass is 179 g/mol. The molecule has 0 saturated heterocycles. The van der Waals surface area contributed by atoms with Crippen LogP contribution in [0.1, 0.15) is 22.8 Å². The second-order valence-corrected chi connectivity index (χ2v) is 3.15. The second-order valence-electron chi connectivity index (χ2n) is 3.15. The van der Waals surface area contributed by atoms with Crippen LogP contribution in [0.15, 0.2) is 18.2 Å². The number of hydrogen-bond donors (Lipinski definition) is 2. The van der Waals surface area contributed by atoms with Crippen molar-refractivity contribution in [2.45, 2.75) is 19.9 Å². The van der Waals surface area contributed by atoms with Gasteiger partial charge >= 0.3 is 0 Å². The average molecular weight is 179 g/mol. The lowest BCUT2D eigenvalue weighted by atomic mass is 10.0. The van der Waals surface area contributed by atoms with Gasteiger partial charge in [0.05, 0.1) is 6.04 Å². The van der Waals surface area contributed by atoms with Gasteiger partial charge in [-0.05, 0) is 37.6 Å². The molecule has 1 aromatic carbocycles. The Kier molecular flexibility index (Phi) is 2.68. The normalized spacial score (nSPS) is 12.5. The van der Waals surface area contributed by atoms with Crippen molar-refractivity contribution >= 4 is 5.78 Å². The van der Waals surface area contributed by atoms with Crippen LogP contribution in [0.5, 0.6) is 5.75 Å². The molecule has 0 bridgehead atoms. The summed E-state index contributed by atoms with van der Waals surface area (Å²) in [4.78, 5) is 11.4. The first-order valence-corrected chi connectivity index (χ1v) is 4.12. The van der Waals surface area contributed by atoms with Gasteiger partial charge in [-0.15, -0.1) is 0 Å². The molecular formula is C10H13NO2. The van der Waals surface area contributed by atoms with Crippen molar-refractivity contribution in [2.24, 2.45) is 5.73 Å². The van der Waals surface area contributed by atoms with Crippen LogP contribution in [0.25, 0.3) is 0 Å². The van der Waals surface area contributed by atoms with Crippen molar-refractivity contribution in [3.63, 3.8) is 0 Å². The molecule has 1 aromatic rings. The number of rotatable bonds is 2. The summed E-state index contributed by atoms with van der Waals surface area (Å²) in [6.07, 6.45) is 0. The number of hydrogen-bond acceptors (Lipinski definition) is 3. The van der Waals surface area contributed by atoms with Gasteiger partial charge in [0.15, 0.2) is 5.78 Å². The smallest absolute Gasteiger partial charge is 0.179 e. The van der Waals surface area contributed by atoms with Crippen molar-refractivity contribution in [3.05, 3.63) is 29.3 Å². The largest absolute Gasteiger partial charge is 0.508 e. The topological polar surface area (TPSA) is 63.3 Å². The van der Waals surface area contributed by atoms with E-state index in [0.717, 1.165) is 0 Å². The zero-order valence-corrected chi connectivity index (χ0v) is 7.74. The highest BCUT2D eigenvalue weighted by Crippen LogP contribution is 2.17. The Bertz CT molecular complexity index is 332. The van der Waals surface area contributed by atoms with Crippen LogP contribution < -0.4 is 5.73 Å². The van der Waals surface area contributed by atoms with Gasteiger partial charge in [0.2, 0.25) is 0 Å². The molecule has 0 heterocycles. The van der Waals surface area contributed by atoms with E-state index in [-0.39, 0.29) is 11.5 Å². The molecule has 3 heteroatoms. The Hall–Kier alpha value is -1.35. The molecule has 0 fully saturated rings. The van der Waals surface area contributed by atoms with Crippen molar-refractivity contribution in [1.29, 1.82) is 0 Å². The molecule has 0 aliphatic carbocycles. The molecule has 70 valence electrons. The number of phenolic OH excluding ortho intramolecular Hbond substituents is 1. The van der Waals surface area contributed by atoms with Crippen LogP contribution in [0.3, 0.4) is 0 Å². The Morgan fingerprint density at radius 2 is 2.15 bits per heavy atom. The predicted molar refractivity (Wildman–Crippen MR) is 50.8 cm³/mol. The van der Waals surface area contributed by atoms with Gasteiger partial charge < -0.3 is 10.8 Å². The molecule has 3 N–H and O–H groups in total. The van der Waals surface area contributed by atoms with E-state index in [2.05, 4.69) is 0 Å². The van der Waals surface area contributed by atoms with E-state index in [0.29, 0.717) is 11.1 Å². The Labute approximate surface area is 77.2 Å². The van der Waals surface area contributed by atoms with Gasteiger partial charge in [-0.1, -0.05) is 0 Å². The van der Waals surface area contributed by atoms with Crippen LogP contribution in [0, 0.1) is 6.92 Å². The number of aryl methyl sites for hydroxylation is 1. The molecule has 0 radical (unpaired) electrons. The number of nitrogens with two attached hydrogens (primary N) is 1. The van der Waals surface area contributed by atoms with Gasteiger partial charge in [-0.2, -0.15) is 0 Å². The zero-order chi connectivity index (χ0) is 10.0. The quantitative estimate of drug-likeness (QED) is 0.671. The SMILES string of the molecule is Cc1cc(C(=O)C(C)N)ccc1O. The van der Waals surface area contributed by atoms with Crippen molar-refractivity contribution in [1.82, 2.24) is 0 Å². The molecule has 1 atom stereocenters. The zero-order valence-electron chi connectivity index (χ0n) is 7.74. The Morgan fingerprint density at radius 3 is 2.62 bits per heavy atom. The van der Waals surface area contributed by atoms with E-state index in [1.807, 2.05) is 0 Å². The lowest BCUT2D eigenvalue weighted by Crippen LogP contribution is -2.26. The number of carbonyl (C=O) groups excluding carboxylic acids is 1. The van der Waals surface area contributed by atoms with Gasteiger partial charge in [0.25, 0.3) is 0 Å². The third kappa shape index (κ3) is 2.06. The molecular weight excluding hydrogens is 166 g/mol. The molecule has 0 amide bonds. The number of phenols is 1. The number of carbonyl (C=O) groups is 1. The van der Waals surface area contributed by atoms with E-state index in [9.17, 15) is 9.90 Å². The summed E-state index contributed by atoms with van der Waals surface area (Å²) in [5, 5.41) is 9.22. The van der Waals surface area contributed by atoms with E-state index in [4.69, 9.17) is 5.73 Å². The van der Waals surface area contributed by atoms with Crippen LogP contribution in [-0.2, 0) is 0 Å². The lowest BCUT2D eigenvalue weighted by molar-refractivity contribution is 0.0968. The summed E-state index contributed by atoms with van der Waals surface area (Å²) >= 11 is 0. The van der Waals surface area contributed by atoms with Crippen LogP contribution >= 0.6 is 0 Å². The summed E-state index contributed by atoms with van der Waals surface area (Å²) in [5.74, 6) is 0.0873. The predicted octanol–water partition coefficient (Wildman–Crippen LogP) is 1.23. The number of ketones is 1. The van der Waals surface area contributed by atoms with Gasteiger partial charge in [-0.3, -0.25) is 4.79 Å². The van der Waals surface area contributed by atoms with E-state index >= 15 is 0 Å². The summed E-state index contributed by atoms with van der Waals surface area (Å²) in [6.45, 7) is 3.39. The fourth-order valence-electron chi connectivity index (χ4n) is 1.07. The molecule has 13 heavy (non-hydrogen) atoms. The molecule has 0 saturated carbocycles. The molecule has 1 rings (SSSR count). The first kappa shape index (κ1) is 9.74. The first-order chi connectivity index (χ1) is 6.02. The molecule has 1 unspecified atom stereocenters.